The van der Waals surface area contributed by atoms with Crippen LogP contribution in [0.25, 0.3) is 10.9 Å². The molecule has 0 bridgehead atoms. The molecule has 7 rings (SSSR count). The SMILES string of the molecule is COc1cc2c(Oc3ccc(NC(=O)C4(C(=O)Nc5ccc(F)cc5)CC4)cc3)ccnc2cc1N1CCC(CN2CCN(CC(=O)OC(C)(C)C)CC2)CC1. The van der Waals surface area contributed by atoms with Crippen LogP contribution in [0.1, 0.15) is 46.5 Å². The number of piperidine rings is 1. The zero-order valence-corrected chi connectivity index (χ0v) is 32.6. The number of nitrogens with one attached hydrogen (secondary N) is 2. The number of aromatic nitrogens is 1. The number of esters is 1. The van der Waals surface area contributed by atoms with E-state index < -0.39 is 22.7 Å². The molecule has 3 fully saturated rings. The zero-order chi connectivity index (χ0) is 39.5. The lowest BCUT2D eigenvalue weighted by molar-refractivity contribution is -0.156. The third kappa shape index (κ3) is 9.39. The molecule has 4 aromatic rings. The number of piperazine rings is 1. The number of carbonyl (C=O) groups excluding carboxylic acids is 3. The number of hydrogen-bond donors (Lipinski definition) is 2. The fourth-order valence-corrected chi connectivity index (χ4v) is 7.49. The van der Waals surface area contributed by atoms with Crippen molar-refractivity contribution in [2.75, 3.05) is 75.0 Å². The van der Waals surface area contributed by atoms with Crippen LogP contribution in [0.4, 0.5) is 21.5 Å². The van der Waals surface area contributed by atoms with Crippen molar-refractivity contribution in [1.29, 1.82) is 0 Å². The van der Waals surface area contributed by atoms with E-state index in [1.54, 1.807) is 37.6 Å². The Hall–Kier alpha value is -5.27. The van der Waals surface area contributed by atoms with Gasteiger partial charge in [-0.3, -0.25) is 24.3 Å². The highest BCUT2D eigenvalue weighted by Gasteiger charge is 2.56. The second kappa shape index (κ2) is 16.4. The molecule has 3 aromatic carbocycles. The van der Waals surface area contributed by atoms with E-state index in [9.17, 15) is 18.8 Å². The van der Waals surface area contributed by atoms with Crippen molar-refractivity contribution in [3.05, 3.63) is 78.7 Å². The lowest BCUT2D eigenvalue weighted by Crippen LogP contribution is -2.50. The van der Waals surface area contributed by atoms with Crippen molar-refractivity contribution in [1.82, 2.24) is 14.8 Å². The molecule has 0 atom stereocenters. The average molecular weight is 767 g/mol. The van der Waals surface area contributed by atoms with Crippen LogP contribution in [-0.2, 0) is 19.1 Å². The van der Waals surface area contributed by atoms with Gasteiger partial charge in [-0.1, -0.05) is 0 Å². The van der Waals surface area contributed by atoms with Gasteiger partial charge in [0.2, 0.25) is 11.8 Å². The van der Waals surface area contributed by atoms with Crippen LogP contribution in [0.2, 0.25) is 0 Å². The normalized spacial score (nSPS) is 17.6. The van der Waals surface area contributed by atoms with Gasteiger partial charge in [-0.05, 0) is 119 Å². The molecule has 56 heavy (non-hydrogen) atoms. The van der Waals surface area contributed by atoms with E-state index in [2.05, 4.69) is 36.4 Å². The number of methoxy groups -OCH3 is 1. The van der Waals surface area contributed by atoms with Crippen LogP contribution in [0.15, 0.2) is 72.9 Å². The first-order valence-electron chi connectivity index (χ1n) is 19.4. The first kappa shape index (κ1) is 39.0. The first-order valence-corrected chi connectivity index (χ1v) is 19.4. The summed E-state index contributed by atoms with van der Waals surface area (Å²) in [4.78, 5) is 50.2. The van der Waals surface area contributed by atoms with Gasteiger partial charge in [0.05, 0.1) is 24.9 Å². The standard InChI is InChI=1S/C43H51FN6O6/c1-42(2,3)56-39(51)28-49-23-21-48(22-24-49)27-29-14-19-50(20-15-29)36-26-35-34(25-38(36)54-4)37(13-18-45-35)55-33-11-9-32(10-12-33)47-41(53)43(16-17-43)40(52)46-31-7-5-30(44)6-8-31/h5-13,18,25-26,29H,14-17,19-24,27-28H2,1-4H3,(H,46,52)(H,47,53). The molecule has 1 saturated carbocycles. The summed E-state index contributed by atoms with van der Waals surface area (Å²) >= 11 is 0. The van der Waals surface area contributed by atoms with Gasteiger partial charge in [-0.2, -0.15) is 0 Å². The Bertz CT molecular complexity index is 2030. The number of rotatable bonds is 12. The van der Waals surface area contributed by atoms with E-state index in [-0.39, 0.29) is 11.9 Å². The minimum atomic E-state index is -1.16. The molecule has 2 aliphatic heterocycles. The third-order valence-corrected chi connectivity index (χ3v) is 10.8. The van der Waals surface area contributed by atoms with Crippen molar-refractivity contribution >= 4 is 45.7 Å². The Morgan fingerprint density at radius 3 is 2.02 bits per heavy atom. The van der Waals surface area contributed by atoms with Gasteiger partial charge in [0.1, 0.15) is 34.1 Å². The first-order chi connectivity index (χ1) is 26.9. The predicted molar refractivity (Wildman–Crippen MR) is 214 cm³/mol. The number of pyridine rings is 1. The van der Waals surface area contributed by atoms with E-state index in [0.717, 1.165) is 81.0 Å². The summed E-state index contributed by atoms with van der Waals surface area (Å²) in [7, 11) is 1.68. The molecule has 2 N–H and O–H groups in total. The van der Waals surface area contributed by atoms with Crippen molar-refractivity contribution < 1.29 is 33.0 Å². The van der Waals surface area contributed by atoms with Gasteiger partial charge in [-0.15, -0.1) is 0 Å². The van der Waals surface area contributed by atoms with Gasteiger partial charge in [0, 0.05) is 68.8 Å². The zero-order valence-electron chi connectivity index (χ0n) is 32.6. The molecule has 2 saturated heterocycles. The van der Waals surface area contributed by atoms with E-state index in [1.165, 1.54) is 24.3 Å². The molecule has 296 valence electrons. The van der Waals surface area contributed by atoms with Gasteiger partial charge < -0.3 is 34.6 Å². The number of carbonyl (C=O) groups is 3. The number of halogens is 1. The summed E-state index contributed by atoms with van der Waals surface area (Å²) in [6, 6.07) is 18.3. The topological polar surface area (TPSA) is 126 Å². The highest BCUT2D eigenvalue weighted by Crippen LogP contribution is 2.47. The Labute approximate surface area is 327 Å². The average Bonchev–Trinajstić information content (AvgIpc) is 3.99. The number of benzene rings is 3. The molecule has 1 aliphatic carbocycles. The molecule has 0 radical (unpaired) electrons. The summed E-state index contributed by atoms with van der Waals surface area (Å²) in [5.74, 6) is 1.20. The van der Waals surface area contributed by atoms with E-state index in [1.807, 2.05) is 32.9 Å². The van der Waals surface area contributed by atoms with Crippen LogP contribution in [-0.4, -0.2) is 97.6 Å². The maximum absolute atomic E-state index is 13.3. The van der Waals surface area contributed by atoms with E-state index in [0.29, 0.717) is 48.2 Å². The minimum Gasteiger partial charge on any atom is -0.495 e. The highest BCUT2D eigenvalue weighted by molar-refractivity contribution is 6.16. The minimum absolute atomic E-state index is 0.158. The lowest BCUT2D eigenvalue weighted by atomic mass is 9.95. The summed E-state index contributed by atoms with van der Waals surface area (Å²) < 4.78 is 31.0. The van der Waals surface area contributed by atoms with E-state index in [4.69, 9.17) is 14.2 Å². The molecule has 0 unspecified atom stereocenters. The summed E-state index contributed by atoms with van der Waals surface area (Å²) in [5, 5.41) is 6.41. The highest BCUT2D eigenvalue weighted by atomic mass is 19.1. The fourth-order valence-electron chi connectivity index (χ4n) is 7.49. The molecule has 3 heterocycles. The Balaban J connectivity index is 0.921. The van der Waals surface area contributed by atoms with Crippen molar-refractivity contribution in [2.24, 2.45) is 11.3 Å². The quantitative estimate of drug-likeness (QED) is 0.119. The molecule has 3 aliphatic rings. The van der Waals surface area contributed by atoms with Crippen LogP contribution in [0.5, 0.6) is 17.2 Å². The van der Waals surface area contributed by atoms with Crippen molar-refractivity contribution in [2.45, 2.75) is 52.1 Å². The Morgan fingerprint density at radius 2 is 1.43 bits per heavy atom. The van der Waals surface area contributed by atoms with E-state index >= 15 is 0 Å². The van der Waals surface area contributed by atoms with Crippen molar-refractivity contribution in [3.63, 3.8) is 0 Å². The third-order valence-electron chi connectivity index (χ3n) is 10.8. The van der Waals surface area contributed by atoms with Gasteiger partial charge in [0.15, 0.2) is 0 Å². The molecule has 2 amide bonds. The van der Waals surface area contributed by atoms with Gasteiger partial charge in [-0.25, -0.2) is 4.39 Å². The van der Waals surface area contributed by atoms with Crippen LogP contribution in [0.3, 0.4) is 0 Å². The largest absolute Gasteiger partial charge is 0.495 e. The summed E-state index contributed by atoms with van der Waals surface area (Å²) in [5.41, 5.74) is 1.16. The second-order valence-electron chi connectivity index (χ2n) is 16.1. The number of amides is 2. The molecular formula is C43H51FN6O6. The Morgan fingerprint density at radius 1 is 0.821 bits per heavy atom. The number of fused-ring (bicyclic) bond motifs is 1. The van der Waals surface area contributed by atoms with Crippen molar-refractivity contribution in [3.8, 4) is 17.2 Å². The smallest absolute Gasteiger partial charge is 0.320 e. The molecule has 0 spiro atoms. The second-order valence-corrected chi connectivity index (χ2v) is 16.1. The van der Waals surface area contributed by atoms with Crippen LogP contribution >= 0.6 is 0 Å². The maximum Gasteiger partial charge on any atom is 0.320 e. The van der Waals surface area contributed by atoms with Gasteiger partial charge in [0.25, 0.3) is 0 Å². The summed E-state index contributed by atoms with van der Waals surface area (Å²) in [6.07, 6.45) is 4.76. The Kier molecular flexibility index (Phi) is 11.5. The maximum atomic E-state index is 13.3. The molecule has 13 heteroatoms. The number of hydrogen-bond acceptors (Lipinski definition) is 10. The fraction of sp³-hybridized carbons (Fsp3) is 0.442. The number of ether oxygens (including phenoxy) is 3. The summed E-state index contributed by atoms with van der Waals surface area (Å²) in [6.45, 7) is 12.6. The van der Waals surface area contributed by atoms with Gasteiger partial charge >= 0.3 is 5.97 Å². The lowest BCUT2D eigenvalue weighted by Gasteiger charge is -2.39. The monoisotopic (exact) mass is 766 g/mol. The molecule has 12 nitrogen and oxygen atoms in total. The van der Waals surface area contributed by atoms with Crippen LogP contribution < -0.4 is 25.0 Å². The van der Waals surface area contributed by atoms with Crippen LogP contribution in [0, 0.1) is 17.2 Å². The number of nitrogens with zero attached hydrogens (tertiary/aromatic N) is 4. The number of anilines is 3. The predicted octanol–water partition coefficient (Wildman–Crippen LogP) is 6.71. The molecular weight excluding hydrogens is 716 g/mol. The molecule has 1 aromatic heterocycles.